The van der Waals surface area contributed by atoms with Crippen molar-refractivity contribution in [3.63, 3.8) is 0 Å². The van der Waals surface area contributed by atoms with Crippen LogP contribution in [0.4, 0.5) is 4.39 Å². The molecule has 1 aliphatic rings. The van der Waals surface area contributed by atoms with Crippen molar-refractivity contribution in [1.82, 2.24) is 0 Å². The zero-order valence-corrected chi connectivity index (χ0v) is 16.9. The first-order chi connectivity index (χ1) is 14.4. The van der Waals surface area contributed by atoms with Crippen molar-refractivity contribution in [3.8, 4) is 11.5 Å². The van der Waals surface area contributed by atoms with Crippen molar-refractivity contribution in [2.45, 2.75) is 6.92 Å². The molecule has 1 aliphatic heterocycles. The summed E-state index contributed by atoms with van der Waals surface area (Å²) >= 11 is 6.28. The zero-order valence-electron chi connectivity index (χ0n) is 16.1. The normalized spacial score (nSPS) is 14.3. The van der Waals surface area contributed by atoms with Gasteiger partial charge in [-0.3, -0.25) is 0 Å². The lowest BCUT2D eigenvalue weighted by atomic mass is 10.1. The van der Waals surface area contributed by atoms with E-state index in [0.717, 1.165) is 0 Å². The fourth-order valence-corrected chi connectivity index (χ4v) is 2.85. The molecular weight excluding hydrogens is 417 g/mol. The van der Waals surface area contributed by atoms with E-state index in [1.807, 2.05) is 0 Å². The number of hydrogen-bond acceptors (Lipinski definition) is 7. The Balaban J connectivity index is 1.92. The molecule has 2 aromatic rings. The molecule has 0 N–H and O–H groups in total. The molecular formula is C21H17ClFNO6. The van der Waals surface area contributed by atoms with Crippen LogP contribution in [0.3, 0.4) is 0 Å². The lowest BCUT2D eigenvalue weighted by molar-refractivity contribution is -0.143. The monoisotopic (exact) mass is 433 g/mol. The van der Waals surface area contributed by atoms with E-state index in [1.54, 1.807) is 19.1 Å². The number of methoxy groups -OCH3 is 1. The van der Waals surface area contributed by atoms with E-state index in [0.29, 0.717) is 17.7 Å². The highest BCUT2D eigenvalue weighted by Crippen LogP contribution is 2.37. The lowest BCUT2D eigenvalue weighted by Gasteiger charge is -2.13. The first kappa shape index (κ1) is 21.3. The van der Waals surface area contributed by atoms with Crippen LogP contribution in [-0.2, 0) is 19.1 Å². The number of hydrogen-bond donors (Lipinski definition) is 0. The molecule has 0 aromatic heterocycles. The molecule has 156 valence electrons. The van der Waals surface area contributed by atoms with Crippen molar-refractivity contribution in [2.75, 3.05) is 20.3 Å². The van der Waals surface area contributed by atoms with Gasteiger partial charge in [-0.1, -0.05) is 17.7 Å². The first-order valence-corrected chi connectivity index (χ1v) is 9.23. The molecule has 9 heteroatoms. The van der Waals surface area contributed by atoms with Gasteiger partial charge in [0, 0.05) is 5.56 Å². The van der Waals surface area contributed by atoms with E-state index in [1.165, 1.54) is 37.5 Å². The first-order valence-electron chi connectivity index (χ1n) is 8.85. The van der Waals surface area contributed by atoms with Crippen LogP contribution in [0.2, 0.25) is 5.02 Å². The van der Waals surface area contributed by atoms with Crippen molar-refractivity contribution in [2.24, 2.45) is 4.99 Å². The molecule has 0 bridgehead atoms. The molecule has 1 heterocycles. The van der Waals surface area contributed by atoms with Gasteiger partial charge in [0.25, 0.3) is 0 Å². The number of aliphatic imine (C=N–C) groups is 1. The standard InChI is InChI=1S/C21H17ClFNO6/c1-3-28-17-9-12(7-15(22)19(17)29-11-18(25)27-2)8-16-21(26)30-20(24-16)13-5-4-6-14(23)10-13/h4-10H,3,11H2,1-2H3/b16-8-. The number of halogens is 2. The van der Waals surface area contributed by atoms with Gasteiger partial charge in [-0.2, -0.15) is 0 Å². The fourth-order valence-electron chi connectivity index (χ4n) is 2.58. The minimum absolute atomic E-state index is 0.0000832. The number of esters is 2. The summed E-state index contributed by atoms with van der Waals surface area (Å²) in [7, 11) is 1.24. The number of nitrogens with zero attached hydrogens (tertiary/aromatic N) is 1. The minimum Gasteiger partial charge on any atom is -0.490 e. The predicted molar refractivity (Wildman–Crippen MR) is 107 cm³/mol. The lowest BCUT2D eigenvalue weighted by Crippen LogP contribution is -2.13. The van der Waals surface area contributed by atoms with Crippen LogP contribution >= 0.6 is 11.6 Å². The predicted octanol–water partition coefficient (Wildman–Crippen LogP) is 3.77. The Labute approximate surface area is 176 Å². The molecule has 0 unspecified atom stereocenters. The summed E-state index contributed by atoms with van der Waals surface area (Å²) in [6.45, 7) is 1.74. The Kier molecular flexibility index (Phi) is 6.68. The van der Waals surface area contributed by atoms with Gasteiger partial charge in [0.2, 0.25) is 5.90 Å². The molecule has 30 heavy (non-hydrogen) atoms. The second-order valence-corrected chi connectivity index (χ2v) is 6.38. The van der Waals surface area contributed by atoms with Crippen LogP contribution in [0.15, 0.2) is 47.1 Å². The van der Waals surface area contributed by atoms with Crippen LogP contribution in [0.5, 0.6) is 11.5 Å². The molecule has 0 spiro atoms. The van der Waals surface area contributed by atoms with Crippen molar-refractivity contribution in [3.05, 3.63) is 64.1 Å². The van der Waals surface area contributed by atoms with Crippen molar-refractivity contribution >= 4 is 35.5 Å². The highest BCUT2D eigenvalue weighted by atomic mass is 35.5. The van der Waals surface area contributed by atoms with Gasteiger partial charge in [-0.25, -0.2) is 19.0 Å². The highest BCUT2D eigenvalue weighted by Gasteiger charge is 2.25. The van der Waals surface area contributed by atoms with Gasteiger partial charge < -0.3 is 18.9 Å². The maximum atomic E-state index is 13.4. The van der Waals surface area contributed by atoms with Gasteiger partial charge in [0.15, 0.2) is 23.8 Å². The molecule has 0 atom stereocenters. The van der Waals surface area contributed by atoms with Crippen molar-refractivity contribution < 1.29 is 32.9 Å². The van der Waals surface area contributed by atoms with Crippen molar-refractivity contribution in [1.29, 1.82) is 0 Å². The van der Waals surface area contributed by atoms with E-state index in [-0.39, 0.29) is 34.7 Å². The maximum Gasteiger partial charge on any atom is 0.363 e. The molecule has 0 saturated heterocycles. The summed E-state index contributed by atoms with van der Waals surface area (Å²) < 4.78 is 34.0. The third kappa shape index (κ3) is 4.96. The van der Waals surface area contributed by atoms with Crippen LogP contribution in [0.25, 0.3) is 6.08 Å². The van der Waals surface area contributed by atoms with Gasteiger partial charge in [0.1, 0.15) is 5.82 Å². The smallest absolute Gasteiger partial charge is 0.363 e. The molecule has 7 nitrogen and oxygen atoms in total. The molecule has 2 aromatic carbocycles. The summed E-state index contributed by atoms with van der Waals surface area (Å²) in [5, 5.41) is 0.164. The average molecular weight is 434 g/mol. The highest BCUT2D eigenvalue weighted by molar-refractivity contribution is 6.32. The van der Waals surface area contributed by atoms with Gasteiger partial charge >= 0.3 is 11.9 Å². The number of cyclic esters (lactones) is 1. The zero-order chi connectivity index (χ0) is 21.7. The van der Waals surface area contributed by atoms with E-state index >= 15 is 0 Å². The maximum absolute atomic E-state index is 13.4. The summed E-state index contributed by atoms with van der Waals surface area (Å²) in [6, 6.07) is 8.66. The van der Waals surface area contributed by atoms with Gasteiger partial charge in [0.05, 0.1) is 18.7 Å². The van der Waals surface area contributed by atoms with Gasteiger partial charge in [-0.15, -0.1) is 0 Å². The van der Waals surface area contributed by atoms with Crippen LogP contribution in [0, 0.1) is 5.82 Å². The molecule has 0 saturated carbocycles. The summed E-state index contributed by atoms with van der Waals surface area (Å²) in [5.74, 6) is -1.29. The van der Waals surface area contributed by atoms with E-state index in [4.69, 9.17) is 25.8 Å². The van der Waals surface area contributed by atoms with E-state index in [9.17, 15) is 14.0 Å². The number of carbonyl (C=O) groups excluding carboxylic acids is 2. The summed E-state index contributed by atoms with van der Waals surface area (Å²) in [4.78, 5) is 27.7. The number of rotatable bonds is 7. The minimum atomic E-state index is -0.686. The molecule has 0 amide bonds. The third-order valence-corrected chi connectivity index (χ3v) is 4.17. The number of ether oxygens (including phenoxy) is 4. The Morgan fingerprint density at radius 2 is 2.07 bits per heavy atom. The third-order valence-electron chi connectivity index (χ3n) is 3.89. The number of benzene rings is 2. The van der Waals surface area contributed by atoms with E-state index < -0.39 is 17.8 Å². The van der Waals surface area contributed by atoms with Crippen LogP contribution < -0.4 is 9.47 Å². The largest absolute Gasteiger partial charge is 0.490 e. The molecule has 0 aliphatic carbocycles. The van der Waals surface area contributed by atoms with Crippen LogP contribution in [0.1, 0.15) is 18.1 Å². The Morgan fingerprint density at radius 3 is 2.77 bits per heavy atom. The van der Waals surface area contributed by atoms with Gasteiger partial charge in [-0.05, 0) is 48.9 Å². The summed E-state index contributed by atoms with van der Waals surface area (Å²) in [6.07, 6.45) is 1.45. The van der Waals surface area contributed by atoms with Crippen LogP contribution in [-0.4, -0.2) is 38.2 Å². The molecule has 3 rings (SSSR count). The second-order valence-electron chi connectivity index (χ2n) is 5.97. The Morgan fingerprint density at radius 1 is 1.27 bits per heavy atom. The number of carbonyl (C=O) groups is 2. The van der Waals surface area contributed by atoms with E-state index in [2.05, 4.69) is 9.73 Å². The average Bonchev–Trinajstić information content (AvgIpc) is 3.07. The Bertz CT molecular complexity index is 1050. The topological polar surface area (TPSA) is 83.4 Å². The summed E-state index contributed by atoms with van der Waals surface area (Å²) in [5.41, 5.74) is 0.840. The molecule has 0 fully saturated rings. The SMILES string of the molecule is CCOc1cc(/C=C2\N=C(c3cccc(F)c3)OC2=O)cc(Cl)c1OCC(=O)OC. The Hall–Kier alpha value is -3.39. The fraction of sp³-hybridized carbons (Fsp3) is 0.190. The molecule has 0 radical (unpaired) electrons. The quantitative estimate of drug-likeness (QED) is 0.488. The second kappa shape index (κ2) is 9.41.